The summed E-state index contributed by atoms with van der Waals surface area (Å²) in [4.78, 5) is 14.8. The van der Waals surface area contributed by atoms with Crippen molar-refractivity contribution in [3.05, 3.63) is 59.1 Å². The number of allylic oxidation sites excluding steroid dienone is 3. The summed E-state index contributed by atoms with van der Waals surface area (Å²) in [6.07, 6.45) is 19.1. The molecule has 0 aromatic heterocycles. The van der Waals surface area contributed by atoms with Gasteiger partial charge in [0, 0.05) is 24.7 Å². The highest BCUT2D eigenvalue weighted by Crippen LogP contribution is 2.43. The fourth-order valence-electron chi connectivity index (χ4n) is 5.34. The van der Waals surface area contributed by atoms with Crippen LogP contribution in [0.2, 0.25) is 0 Å². The zero-order chi connectivity index (χ0) is 25.0. The molecule has 5 nitrogen and oxygen atoms in total. The third-order valence-electron chi connectivity index (χ3n) is 7.47. The molecule has 6 heteroatoms. The predicted molar refractivity (Wildman–Crippen MR) is 142 cm³/mol. The van der Waals surface area contributed by atoms with E-state index in [1.165, 1.54) is 74.8 Å². The van der Waals surface area contributed by atoms with E-state index in [2.05, 4.69) is 23.3 Å². The van der Waals surface area contributed by atoms with E-state index in [0.717, 1.165) is 37.8 Å². The summed E-state index contributed by atoms with van der Waals surface area (Å²) >= 11 is 0. The molecule has 3 rings (SSSR count). The Morgan fingerprint density at radius 1 is 1.06 bits per heavy atom. The van der Waals surface area contributed by atoms with Gasteiger partial charge in [0.2, 0.25) is 5.91 Å². The standard InChI is InChI=1S/C29H45FN4O/c1-2-25(11-9-7-5-3-4-6-8-10-20-33-32)34-27(29(31)35)19-18-26(23-14-15-23)28(34)21-22-12-16-24(30)17-13-22/h12-13,16-19,23,25,27,33H,2-11,14-15,20-21,32H2,1H3,(H2,31,35). The first-order chi connectivity index (χ1) is 17.0. The minimum atomic E-state index is -0.416. The number of amides is 1. The summed E-state index contributed by atoms with van der Waals surface area (Å²) in [5, 5.41) is 0. The van der Waals surface area contributed by atoms with E-state index in [-0.39, 0.29) is 17.8 Å². The zero-order valence-corrected chi connectivity index (χ0v) is 21.5. The van der Waals surface area contributed by atoms with E-state index in [1.54, 1.807) is 0 Å². The Hall–Kier alpha value is -2.18. The molecule has 1 aliphatic carbocycles. The molecule has 194 valence electrons. The van der Waals surface area contributed by atoms with Gasteiger partial charge in [-0.25, -0.2) is 4.39 Å². The Bertz CT molecular complexity index is 847. The topological polar surface area (TPSA) is 84.4 Å². The summed E-state index contributed by atoms with van der Waals surface area (Å²) < 4.78 is 13.5. The second-order valence-electron chi connectivity index (χ2n) is 10.2. The second-order valence-corrected chi connectivity index (χ2v) is 10.2. The lowest BCUT2D eigenvalue weighted by Gasteiger charge is -2.42. The molecule has 0 bridgehead atoms. The molecule has 1 fully saturated rings. The Balaban J connectivity index is 1.63. The van der Waals surface area contributed by atoms with Gasteiger partial charge in [-0.2, -0.15) is 0 Å². The minimum Gasteiger partial charge on any atom is -0.368 e. The van der Waals surface area contributed by atoms with Crippen LogP contribution in [0.1, 0.15) is 89.5 Å². The molecule has 2 atom stereocenters. The summed E-state index contributed by atoms with van der Waals surface area (Å²) in [5.74, 6) is 5.37. The second kappa shape index (κ2) is 14.4. The number of halogens is 1. The van der Waals surface area contributed by atoms with E-state index in [0.29, 0.717) is 12.3 Å². The smallest absolute Gasteiger partial charge is 0.244 e. The summed E-state index contributed by atoms with van der Waals surface area (Å²) in [7, 11) is 0. The van der Waals surface area contributed by atoms with Gasteiger partial charge in [-0.15, -0.1) is 0 Å². The van der Waals surface area contributed by atoms with Gasteiger partial charge in [0.15, 0.2) is 0 Å². The summed E-state index contributed by atoms with van der Waals surface area (Å²) in [6, 6.07) is 6.61. The van der Waals surface area contributed by atoms with Crippen LogP contribution in [0.3, 0.4) is 0 Å². The quantitative estimate of drug-likeness (QED) is 0.155. The maximum Gasteiger partial charge on any atom is 0.244 e. The molecular formula is C29H45FN4O. The van der Waals surface area contributed by atoms with Crippen LogP contribution in [0.25, 0.3) is 0 Å². The molecule has 1 aromatic carbocycles. The summed E-state index contributed by atoms with van der Waals surface area (Å²) in [5.41, 5.74) is 12.2. The average molecular weight is 485 g/mol. The number of nitrogens with one attached hydrogen (secondary N) is 1. The van der Waals surface area contributed by atoms with E-state index < -0.39 is 6.04 Å². The zero-order valence-electron chi connectivity index (χ0n) is 21.5. The van der Waals surface area contributed by atoms with Crippen molar-refractivity contribution in [1.82, 2.24) is 10.3 Å². The monoisotopic (exact) mass is 484 g/mol. The first-order valence-corrected chi connectivity index (χ1v) is 13.7. The largest absolute Gasteiger partial charge is 0.368 e. The maximum absolute atomic E-state index is 13.5. The third-order valence-corrected chi connectivity index (χ3v) is 7.47. The molecule has 1 saturated carbocycles. The molecule has 1 amide bonds. The maximum atomic E-state index is 13.5. The van der Waals surface area contributed by atoms with Crippen molar-refractivity contribution in [3.63, 3.8) is 0 Å². The lowest BCUT2D eigenvalue weighted by Crippen LogP contribution is -2.50. The normalized spacial score (nSPS) is 18.8. The molecule has 2 aliphatic rings. The Labute approximate surface area is 211 Å². The van der Waals surface area contributed by atoms with Crippen molar-refractivity contribution in [1.29, 1.82) is 0 Å². The van der Waals surface area contributed by atoms with Gasteiger partial charge < -0.3 is 10.6 Å². The van der Waals surface area contributed by atoms with Crippen molar-refractivity contribution in [2.45, 2.75) is 102 Å². The van der Waals surface area contributed by atoms with Crippen LogP contribution in [0.15, 0.2) is 47.7 Å². The highest BCUT2D eigenvalue weighted by atomic mass is 19.1. The van der Waals surface area contributed by atoms with Crippen molar-refractivity contribution in [2.24, 2.45) is 17.5 Å². The molecule has 2 unspecified atom stereocenters. The van der Waals surface area contributed by atoms with Crippen molar-refractivity contribution in [2.75, 3.05) is 6.54 Å². The van der Waals surface area contributed by atoms with Gasteiger partial charge in [-0.3, -0.25) is 16.1 Å². The molecule has 1 aliphatic heterocycles. The van der Waals surface area contributed by atoms with Crippen LogP contribution < -0.4 is 17.0 Å². The number of hydrogen-bond acceptors (Lipinski definition) is 4. The van der Waals surface area contributed by atoms with Gasteiger partial charge >= 0.3 is 0 Å². The van der Waals surface area contributed by atoms with Gasteiger partial charge in [-0.05, 0) is 61.3 Å². The van der Waals surface area contributed by atoms with Crippen LogP contribution in [0.5, 0.6) is 0 Å². The van der Waals surface area contributed by atoms with E-state index in [4.69, 9.17) is 11.6 Å². The predicted octanol–water partition coefficient (Wildman–Crippen LogP) is 5.51. The van der Waals surface area contributed by atoms with E-state index >= 15 is 0 Å². The van der Waals surface area contributed by atoms with Crippen LogP contribution in [0.4, 0.5) is 4.39 Å². The number of benzene rings is 1. The molecule has 35 heavy (non-hydrogen) atoms. The van der Waals surface area contributed by atoms with Crippen LogP contribution in [-0.4, -0.2) is 29.4 Å². The first-order valence-electron chi connectivity index (χ1n) is 13.7. The molecule has 0 radical (unpaired) electrons. The van der Waals surface area contributed by atoms with Gasteiger partial charge in [0.05, 0.1) is 0 Å². The highest BCUT2D eigenvalue weighted by Gasteiger charge is 2.37. The Morgan fingerprint density at radius 3 is 2.26 bits per heavy atom. The molecular weight excluding hydrogens is 439 g/mol. The molecule has 1 heterocycles. The SMILES string of the molecule is CCC(CCCCCCCCCCNN)N1C(Cc2ccc(F)cc2)=C(C2CC2)C=CC1C(N)=O. The van der Waals surface area contributed by atoms with Crippen LogP contribution in [-0.2, 0) is 11.2 Å². The van der Waals surface area contributed by atoms with Crippen LogP contribution >= 0.6 is 0 Å². The van der Waals surface area contributed by atoms with Gasteiger partial charge in [0.25, 0.3) is 0 Å². The van der Waals surface area contributed by atoms with E-state index in [9.17, 15) is 9.18 Å². The fourth-order valence-corrected chi connectivity index (χ4v) is 5.34. The molecule has 1 aromatic rings. The van der Waals surface area contributed by atoms with Crippen molar-refractivity contribution in [3.8, 4) is 0 Å². The van der Waals surface area contributed by atoms with Crippen molar-refractivity contribution >= 4 is 5.91 Å². The number of carbonyl (C=O) groups excluding carboxylic acids is 1. The minimum absolute atomic E-state index is 0.223. The van der Waals surface area contributed by atoms with Gasteiger partial charge in [-0.1, -0.05) is 76.2 Å². The van der Waals surface area contributed by atoms with Crippen molar-refractivity contribution < 1.29 is 9.18 Å². The lowest BCUT2D eigenvalue weighted by molar-refractivity contribution is -0.122. The molecule has 5 N–H and O–H groups in total. The number of primary amides is 1. The number of nitrogens with zero attached hydrogens (tertiary/aromatic N) is 1. The summed E-state index contributed by atoms with van der Waals surface area (Å²) in [6.45, 7) is 3.11. The Kier molecular flexibility index (Phi) is 11.3. The highest BCUT2D eigenvalue weighted by molar-refractivity contribution is 5.83. The van der Waals surface area contributed by atoms with E-state index in [1.807, 2.05) is 18.2 Å². The third kappa shape index (κ3) is 8.46. The fraction of sp³-hybridized carbons (Fsp3) is 0.621. The number of unbranched alkanes of at least 4 members (excludes halogenated alkanes) is 7. The number of nitrogens with two attached hydrogens (primary N) is 2. The lowest BCUT2D eigenvalue weighted by atomic mass is 9.91. The number of rotatable bonds is 17. The van der Waals surface area contributed by atoms with Gasteiger partial charge in [0.1, 0.15) is 11.9 Å². The number of carbonyl (C=O) groups is 1. The van der Waals surface area contributed by atoms with Crippen LogP contribution in [0, 0.1) is 11.7 Å². The Morgan fingerprint density at radius 2 is 1.69 bits per heavy atom. The first kappa shape index (κ1) is 27.4. The molecule has 0 spiro atoms. The number of hydrazine groups is 1. The average Bonchev–Trinajstić information content (AvgIpc) is 3.69. The molecule has 0 saturated heterocycles. The number of hydrogen-bond donors (Lipinski definition) is 3.